The number of hydrogen-bond acceptors (Lipinski definition) is 6. The molecule has 2 heterocycles. The van der Waals surface area contributed by atoms with E-state index < -0.39 is 18.5 Å². The highest BCUT2D eigenvalue weighted by molar-refractivity contribution is 5.16. The number of alkyl halides is 1. The van der Waals surface area contributed by atoms with Gasteiger partial charge in [-0.05, 0) is 19.8 Å². The van der Waals surface area contributed by atoms with Gasteiger partial charge in [-0.1, -0.05) is 23.2 Å². The average Bonchev–Trinajstić information content (AvgIpc) is 3.08. The van der Waals surface area contributed by atoms with Crippen molar-refractivity contribution < 1.29 is 5.76 Å². The number of aromatic amines is 2. The summed E-state index contributed by atoms with van der Waals surface area (Å²) < 4.78 is 19.9. The van der Waals surface area contributed by atoms with Crippen molar-refractivity contribution in [2.24, 2.45) is 0 Å². The lowest BCUT2D eigenvalue weighted by atomic mass is 9.83. The molecule has 2 aromatic rings. The molecule has 0 amide bonds. The van der Waals surface area contributed by atoms with Crippen LogP contribution in [0.25, 0.3) is 0 Å². The maximum Gasteiger partial charge on any atom is 0.188 e. The van der Waals surface area contributed by atoms with E-state index in [1.165, 1.54) is 0 Å². The van der Waals surface area contributed by atoms with Crippen LogP contribution < -0.4 is 0 Å². The summed E-state index contributed by atoms with van der Waals surface area (Å²) in [5.41, 5.74) is -0.699. The Labute approximate surface area is 104 Å². The third-order valence-corrected chi connectivity index (χ3v) is 2.84. The van der Waals surface area contributed by atoms with Gasteiger partial charge in [0, 0.05) is 1.37 Å². The van der Waals surface area contributed by atoms with Gasteiger partial charge >= 0.3 is 0 Å². The zero-order chi connectivity index (χ0) is 13.7. The monoisotopic (exact) mass is 256 g/mol. The first kappa shape index (κ1) is 11.2. The fourth-order valence-electron chi connectivity index (χ4n) is 1.73. The first-order valence-electron chi connectivity index (χ1n) is 6.20. The van der Waals surface area contributed by atoms with Crippen LogP contribution in [0.4, 0.5) is 4.39 Å². The molecule has 0 bridgehead atoms. The molecule has 9 heteroatoms. The Morgan fingerprint density at radius 2 is 1.78 bits per heavy atom. The molecule has 0 spiro atoms. The third kappa shape index (κ3) is 2.49. The molecule has 18 heavy (non-hydrogen) atoms. The van der Waals surface area contributed by atoms with Gasteiger partial charge in [-0.15, -0.1) is 20.4 Å². The maximum atomic E-state index is 12.2. The van der Waals surface area contributed by atoms with Gasteiger partial charge in [0.05, 0.1) is 12.1 Å². The van der Waals surface area contributed by atoms with Gasteiger partial charge in [-0.2, -0.15) is 10.4 Å². The van der Waals surface area contributed by atoms with E-state index in [9.17, 15) is 4.39 Å². The molecule has 2 rings (SSSR count). The van der Waals surface area contributed by atoms with Crippen molar-refractivity contribution in [2.75, 3.05) is 6.67 Å². The summed E-state index contributed by atoms with van der Waals surface area (Å²) in [6.45, 7) is 1.36. The number of halogens is 1. The van der Waals surface area contributed by atoms with E-state index in [0.29, 0.717) is 24.5 Å². The number of hydrogen-bond donors (Lipinski definition) is 2. The Morgan fingerprint density at radius 3 is 2.22 bits per heavy atom. The molecular formula is C9H15FN8. The first-order chi connectivity index (χ1) is 9.16. The van der Waals surface area contributed by atoms with E-state index >= 15 is 0 Å². The predicted octanol–water partition coefficient (Wildman–Crippen LogP) is 0.549. The molecular weight excluding hydrogens is 239 g/mol. The first-order valence-corrected chi connectivity index (χ1v) is 5.63. The van der Waals surface area contributed by atoms with Crippen molar-refractivity contribution in [2.45, 2.75) is 38.0 Å². The molecule has 2 aromatic heterocycles. The summed E-state index contributed by atoms with van der Waals surface area (Å²) in [6, 6.07) is 0. The van der Waals surface area contributed by atoms with Crippen molar-refractivity contribution in [3.8, 4) is 0 Å². The molecule has 0 aromatic carbocycles. The highest BCUT2D eigenvalue weighted by atomic mass is 19.1. The number of tetrazole rings is 2. The van der Waals surface area contributed by atoms with E-state index in [0.717, 1.165) is 0 Å². The average molecular weight is 256 g/mol. The fourth-order valence-corrected chi connectivity index (χ4v) is 1.73. The lowest BCUT2D eigenvalue weighted by Crippen LogP contribution is -2.27. The Morgan fingerprint density at radius 1 is 1.17 bits per heavy atom. The SMILES string of the molecule is [3H]C(CCF)CCC(C)(c1nn[nH]n1)c1nn[nH]n1. The highest BCUT2D eigenvalue weighted by Crippen LogP contribution is 2.31. The quantitative estimate of drug-likeness (QED) is 0.748. The maximum absolute atomic E-state index is 12.2. The van der Waals surface area contributed by atoms with Gasteiger partial charge in [-0.25, -0.2) is 0 Å². The molecule has 1 atom stereocenters. The minimum Gasteiger partial charge on any atom is -0.251 e. The molecule has 0 fully saturated rings. The Hall–Kier alpha value is -1.93. The fraction of sp³-hybridized carbons (Fsp3) is 0.778. The molecule has 0 aliphatic rings. The van der Waals surface area contributed by atoms with Crippen LogP contribution in [0.2, 0.25) is 0 Å². The predicted molar refractivity (Wildman–Crippen MR) is 59.3 cm³/mol. The number of nitrogens with one attached hydrogen (secondary N) is 2. The van der Waals surface area contributed by atoms with Crippen LogP contribution in [0.3, 0.4) is 0 Å². The summed E-state index contributed by atoms with van der Waals surface area (Å²) in [5.74, 6) is 0.864. The van der Waals surface area contributed by atoms with Gasteiger partial charge < -0.3 is 0 Å². The summed E-state index contributed by atoms with van der Waals surface area (Å²) in [7, 11) is 0. The van der Waals surface area contributed by atoms with E-state index in [4.69, 9.17) is 1.37 Å². The minimum absolute atomic E-state index is 0.217. The second-order valence-electron chi connectivity index (χ2n) is 4.11. The topological polar surface area (TPSA) is 109 Å². The van der Waals surface area contributed by atoms with Crippen molar-refractivity contribution >= 4 is 0 Å². The second kappa shape index (κ2) is 5.61. The van der Waals surface area contributed by atoms with Gasteiger partial charge in [0.2, 0.25) is 0 Å². The molecule has 2 N–H and O–H groups in total. The molecule has 98 valence electrons. The van der Waals surface area contributed by atoms with Crippen molar-refractivity contribution in [1.29, 1.82) is 0 Å². The van der Waals surface area contributed by atoms with Gasteiger partial charge in [0.1, 0.15) is 0 Å². The van der Waals surface area contributed by atoms with Crippen LogP contribution in [0, 0.1) is 0 Å². The minimum atomic E-state index is -0.699. The van der Waals surface area contributed by atoms with E-state index in [1.807, 2.05) is 6.92 Å². The normalized spacial score (nSPS) is 14.4. The summed E-state index contributed by atoms with van der Waals surface area (Å²) >= 11 is 0. The Balaban J connectivity index is 2.16. The van der Waals surface area contributed by atoms with E-state index in [-0.39, 0.29) is 6.42 Å². The largest absolute Gasteiger partial charge is 0.251 e. The van der Waals surface area contributed by atoms with Crippen LogP contribution in [0.1, 0.15) is 45.6 Å². The lowest BCUT2D eigenvalue weighted by Gasteiger charge is -2.21. The standard InChI is InChI=1S/C9H15FN8/c1-9(5-3-2-4-6-10,7-11-15-16-12-7)8-13-17-18-14-8/h2-6H2,1H3,(H,11,12,15,16)(H,13,14,17,18)/i2T. The van der Waals surface area contributed by atoms with Crippen molar-refractivity contribution in [3.05, 3.63) is 11.6 Å². The van der Waals surface area contributed by atoms with Gasteiger partial charge in [-0.3, -0.25) is 4.39 Å². The van der Waals surface area contributed by atoms with Gasteiger partial charge in [0.15, 0.2) is 11.6 Å². The molecule has 8 nitrogen and oxygen atoms in total. The molecule has 0 saturated heterocycles. The van der Waals surface area contributed by atoms with E-state index in [2.05, 4.69) is 41.2 Å². The van der Waals surface area contributed by atoms with Crippen LogP contribution in [0.5, 0.6) is 0 Å². The highest BCUT2D eigenvalue weighted by Gasteiger charge is 2.36. The smallest absolute Gasteiger partial charge is 0.188 e. The molecule has 0 aliphatic heterocycles. The van der Waals surface area contributed by atoms with Crippen LogP contribution >= 0.6 is 0 Å². The molecule has 0 aliphatic carbocycles. The van der Waals surface area contributed by atoms with Crippen molar-refractivity contribution in [3.63, 3.8) is 0 Å². The molecule has 0 radical (unpaired) electrons. The number of H-pyrrole nitrogens is 2. The Kier molecular flexibility index (Phi) is 3.48. The van der Waals surface area contributed by atoms with E-state index in [1.54, 1.807) is 0 Å². The summed E-state index contributed by atoms with van der Waals surface area (Å²) in [4.78, 5) is 0. The number of nitrogens with zero attached hydrogens (tertiary/aromatic N) is 6. The number of aromatic nitrogens is 8. The summed E-state index contributed by atoms with van der Waals surface area (Å²) in [5, 5.41) is 27.7. The summed E-state index contributed by atoms with van der Waals surface area (Å²) in [6.07, 6.45) is 0.751. The van der Waals surface area contributed by atoms with Crippen LogP contribution in [0.15, 0.2) is 0 Å². The van der Waals surface area contributed by atoms with Crippen molar-refractivity contribution in [1.82, 2.24) is 41.2 Å². The molecule has 1 unspecified atom stereocenters. The van der Waals surface area contributed by atoms with Gasteiger partial charge in [0.25, 0.3) is 0 Å². The Bertz CT molecular complexity index is 438. The lowest BCUT2D eigenvalue weighted by molar-refractivity contribution is 0.408. The van der Waals surface area contributed by atoms with Crippen LogP contribution in [-0.2, 0) is 5.41 Å². The van der Waals surface area contributed by atoms with Crippen LogP contribution in [-0.4, -0.2) is 47.9 Å². The second-order valence-corrected chi connectivity index (χ2v) is 4.11. The zero-order valence-electron chi connectivity index (χ0n) is 11.0. The third-order valence-electron chi connectivity index (χ3n) is 2.84. The number of rotatable bonds is 7. The molecule has 0 saturated carbocycles. The zero-order valence-corrected chi connectivity index (χ0v) is 9.97.